The maximum Gasteiger partial charge on any atom is 0.276 e. The molecule has 13 heteroatoms. The van der Waals surface area contributed by atoms with Gasteiger partial charge in [-0.2, -0.15) is 0 Å². The molecular formula is C35H46F2N6O4S. The Kier molecular flexibility index (Phi) is 9.40. The third-order valence-electron chi connectivity index (χ3n) is 10.8. The summed E-state index contributed by atoms with van der Waals surface area (Å²) in [6.45, 7) is 7.52. The molecule has 1 aromatic carbocycles. The Bertz CT molecular complexity index is 1850. The molecule has 10 nitrogen and oxygen atoms in total. The van der Waals surface area contributed by atoms with Crippen molar-refractivity contribution in [2.75, 3.05) is 43.5 Å². The van der Waals surface area contributed by atoms with Crippen molar-refractivity contribution in [2.45, 2.75) is 89.3 Å². The summed E-state index contributed by atoms with van der Waals surface area (Å²) in [5.74, 6) is -3.99. The second-order valence-electron chi connectivity index (χ2n) is 14.5. The largest absolute Gasteiger partial charge is 0.363 e. The normalized spacial score (nSPS) is 26.6. The number of carbonyl (C=O) groups excluding carboxylic acids is 1. The van der Waals surface area contributed by atoms with Crippen LogP contribution >= 0.6 is 0 Å². The second kappa shape index (κ2) is 13.1. The number of nitrogens with one attached hydrogen (secondary N) is 1. The number of anilines is 1. The first-order chi connectivity index (χ1) is 22.7. The molecule has 1 amide bonds. The SMILES string of the molecule is C[C@H]1Nc2ncnc3c2cc(C2CCS(=O)(=O)CC2)c(=O)n3CC(=O)N(C)CCCCN2CC[C@@H](CC2(C)C)C(F)(F)c2cccc1c2. The molecule has 1 unspecified atom stereocenters. The molecule has 48 heavy (non-hydrogen) atoms. The van der Waals surface area contributed by atoms with Crippen LogP contribution in [0.4, 0.5) is 14.6 Å². The fourth-order valence-electron chi connectivity index (χ4n) is 7.70. The summed E-state index contributed by atoms with van der Waals surface area (Å²) in [6, 6.07) is 7.83. The van der Waals surface area contributed by atoms with Gasteiger partial charge >= 0.3 is 0 Å². The predicted octanol–water partition coefficient (Wildman–Crippen LogP) is 5.09. The number of pyridine rings is 1. The number of halogens is 2. The van der Waals surface area contributed by atoms with Crippen molar-refractivity contribution in [3.8, 4) is 0 Å². The molecular weight excluding hydrogens is 638 g/mol. The molecule has 2 fully saturated rings. The molecule has 3 atom stereocenters. The third kappa shape index (κ3) is 6.85. The molecule has 2 saturated heterocycles. The van der Waals surface area contributed by atoms with Crippen LogP contribution in [0.3, 0.4) is 0 Å². The fourth-order valence-corrected chi connectivity index (χ4v) is 9.19. The molecule has 4 aliphatic heterocycles. The molecule has 6 heterocycles. The van der Waals surface area contributed by atoms with Gasteiger partial charge in [0.1, 0.15) is 34.2 Å². The minimum Gasteiger partial charge on any atom is -0.363 e. The van der Waals surface area contributed by atoms with Crippen molar-refractivity contribution in [1.29, 1.82) is 0 Å². The van der Waals surface area contributed by atoms with Crippen molar-refractivity contribution in [2.24, 2.45) is 5.92 Å². The predicted molar refractivity (Wildman–Crippen MR) is 182 cm³/mol. The standard InChI is InChI=1S/C35H46F2N6O4S/c1-23-25-8-7-9-26(18-25)35(36,37)27-10-15-42(34(2,3)20-27)14-6-5-13-41(4)30(44)21-43-32-29(31(40-23)38-22-39-32)19-28(33(43)45)24-11-16-48(46,47)17-12-24/h7-9,18-19,22-24,27H,5-6,10-17,20-21H2,1-4H3,(H,38,39,40)/t23-,27+/m1/s1. The minimum absolute atomic E-state index is 0.00809. The number of aromatic nitrogens is 3. The molecule has 1 N–H and O–H groups in total. The number of fused-ring (bicyclic) bond motifs is 9. The van der Waals surface area contributed by atoms with Gasteiger partial charge in [-0.3, -0.25) is 19.1 Å². The first-order valence-electron chi connectivity index (χ1n) is 17.0. The maximum atomic E-state index is 16.2. The van der Waals surface area contributed by atoms with Crippen LogP contribution in [0.15, 0.2) is 41.5 Å². The van der Waals surface area contributed by atoms with E-state index in [-0.39, 0.29) is 46.6 Å². The molecule has 0 spiro atoms. The van der Waals surface area contributed by atoms with E-state index in [9.17, 15) is 18.0 Å². The van der Waals surface area contributed by atoms with Crippen LogP contribution < -0.4 is 10.9 Å². The van der Waals surface area contributed by atoms with Crippen LogP contribution in [0.2, 0.25) is 0 Å². The van der Waals surface area contributed by atoms with Crippen molar-refractivity contribution in [1.82, 2.24) is 24.3 Å². The van der Waals surface area contributed by atoms with Crippen molar-refractivity contribution < 1.29 is 22.0 Å². The van der Waals surface area contributed by atoms with Crippen molar-refractivity contribution in [3.05, 3.63) is 63.7 Å². The van der Waals surface area contributed by atoms with Gasteiger partial charge in [0.15, 0.2) is 0 Å². The lowest BCUT2D eigenvalue weighted by atomic mass is 9.77. The molecule has 2 aromatic heterocycles. The highest BCUT2D eigenvalue weighted by atomic mass is 32.2. The van der Waals surface area contributed by atoms with Gasteiger partial charge < -0.3 is 10.2 Å². The number of benzene rings is 1. The van der Waals surface area contributed by atoms with E-state index in [4.69, 9.17) is 0 Å². The molecule has 3 aromatic rings. The molecule has 4 aliphatic rings. The number of carbonyl (C=O) groups is 1. The Morgan fingerprint density at radius 3 is 2.44 bits per heavy atom. The van der Waals surface area contributed by atoms with E-state index in [1.807, 2.05) is 20.8 Å². The number of piperidine rings is 1. The number of hydrogen-bond acceptors (Lipinski definition) is 8. The van der Waals surface area contributed by atoms with Crippen LogP contribution in [-0.4, -0.2) is 82.4 Å². The van der Waals surface area contributed by atoms with Gasteiger partial charge in [-0.15, -0.1) is 0 Å². The number of hydrogen-bond donors (Lipinski definition) is 1. The van der Waals surface area contributed by atoms with E-state index in [0.717, 1.165) is 19.4 Å². The van der Waals surface area contributed by atoms with Crippen LogP contribution in [-0.2, 0) is 27.1 Å². The summed E-state index contributed by atoms with van der Waals surface area (Å²) in [6.07, 6.45) is 4.22. The molecule has 8 bridgehead atoms. The summed E-state index contributed by atoms with van der Waals surface area (Å²) >= 11 is 0. The van der Waals surface area contributed by atoms with E-state index in [2.05, 4.69) is 20.2 Å². The number of likely N-dealkylation sites (N-methyl/N-ethyl adjacent to an activating group) is 1. The Labute approximate surface area is 280 Å². The van der Waals surface area contributed by atoms with E-state index in [1.165, 1.54) is 17.0 Å². The fraction of sp³-hybridized carbons (Fsp3) is 0.600. The number of rotatable bonds is 1. The summed E-state index contributed by atoms with van der Waals surface area (Å²) in [5, 5.41) is 3.87. The number of alkyl halides is 2. The van der Waals surface area contributed by atoms with Crippen LogP contribution in [0.25, 0.3) is 11.0 Å². The van der Waals surface area contributed by atoms with Crippen molar-refractivity contribution >= 4 is 32.6 Å². The van der Waals surface area contributed by atoms with Crippen LogP contribution in [0, 0.1) is 5.92 Å². The Morgan fingerprint density at radius 1 is 0.979 bits per heavy atom. The lowest BCUT2D eigenvalue weighted by molar-refractivity contribution is -0.130. The van der Waals surface area contributed by atoms with Crippen LogP contribution in [0.5, 0.6) is 0 Å². The van der Waals surface area contributed by atoms with Gasteiger partial charge in [-0.25, -0.2) is 27.2 Å². The highest BCUT2D eigenvalue weighted by Crippen LogP contribution is 2.46. The average Bonchev–Trinajstić information content (AvgIpc) is 3.04. The molecule has 260 valence electrons. The Morgan fingerprint density at radius 2 is 1.71 bits per heavy atom. The monoisotopic (exact) mass is 684 g/mol. The molecule has 0 aliphatic carbocycles. The van der Waals surface area contributed by atoms with Gasteiger partial charge in [-0.05, 0) is 96.0 Å². The zero-order valence-electron chi connectivity index (χ0n) is 28.2. The van der Waals surface area contributed by atoms with E-state index in [1.54, 1.807) is 36.2 Å². The maximum absolute atomic E-state index is 16.2. The zero-order chi connectivity index (χ0) is 34.4. The first-order valence-corrected chi connectivity index (χ1v) is 18.8. The van der Waals surface area contributed by atoms with Crippen molar-refractivity contribution in [3.63, 3.8) is 0 Å². The quantitative estimate of drug-likeness (QED) is 0.377. The summed E-state index contributed by atoms with van der Waals surface area (Å²) in [5.41, 5.74) is 0.574. The Hall–Kier alpha value is -3.45. The molecule has 7 rings (SSSR count). The third-order valence-corrected chi connectivity index (χ3v) is 12.5. The summed E-state index contributed by atoms with van der Waals surface area (Å²) in [4.78, 5) is 40.5. The topological polar surface area (TPSA) is 118 Å². The number of amides is 1. The molecule has 0 saturated carbocycles. The zero-order valence-corrected chi connectivity index (χ0v) is 29.0. The van der Waals surface area contributed by atoms with Gasteiger partial charge in [-0.1, -0.05) is 18.2 Å². The highest BCUT2D eigenvalue weighted by molar-refractivity contribution is 7.91. The summed E-state index contributed by atoms with van der Waals surface area (Å²) in [7, 11) is -1.45. The Balaban J connectivity index is 1.43. The van der Waals surface area contributed by atoms with Crippen LogP contribution in [0.1, 0.15) is 87.9 Å². The summed E-state index contributed by atoms with van der Waals surface area (Å²) < 4.78 is 58.2. The molecule has 0 radical (unpaired) electrons. The first kappa shape index (κ1) is 34.4. The minimum atomic E-state index is -3.17. The van der Waals surface area contributed by atoms with E-state index >= 15 is 8.78 Å². The van der Waals surface area contributed by atoms with Gasteiger partial charge in [0.2, 0.25) is 5.91 Å². The lowest BCUT2D eigenvalue weighted by Crippen LogP contribution is -2.52. The second-order valence-corrected chi connectivity index (χ2v) is 16.8. The average molecular weight is 685 g/mol. The van der Waals surface area contributed by atoms with E-state index < -0.39 is 33.3 Å². The smallest absolute Gasteiger partial charge is 0.276 e. The van der Waals surface area contributed by atoms with Gasteiger partial charge in [0.05, 0.1) is 16.9 Å². The van der Waals surface area contributed by atoms with E-state index in [0.29, 0.717) is 61.1 Å². The lowest BCUT2D eigenvalue weighted by Gasteiger charge is -2.47. The number of sulfone groups is 1. The van der Waals surface area contributed by atoms with Gasteiger partial charge in [0, 0.05) is 42.2 Å². The number of nitrogens with zero attached hydrogens (tertiary/aromatic N) is 5. The highest BCUT2D eigenvalue weighted by Gasteiger charge is 2.47. The van der Waals surface area contributed by atoms with Gasteiger partial charge in [0.25, 0.3) is 11.5 Å².